The molecule has 7 nitrogen and oxygen atoms in total. The van der Waals surface area contributed by atoms with Crippen LogP contribution in [0.1, 0.15) is 110 Å². The van der Waals surface area contributed by atoms with Crippen LogP contribution in [0.3, 0.4) is 0 Å². The smallest absolute Gasteiger partial charge is 0.222 e. The van der Waals surface area contributed by atoms with Crippen molar-refractivity contribution in [1.82, 2.24) is 4.90 Å². The Morgan fingerprint density at radius 2 is 1.03 bits per heavy atom. The third kappa shape index (κ3) is 16.0. The van der Waals surface area contributed by atoms with Crippen LogP contribution in [-0.4, -0.2) is 81.0 Å². The van der Waals surface area contributed by atoms with Crippen molar-refractivity contribution in [2.24, 2.45) is 0 Å². The molecule has 0 fully saturated rings. The molecular formula is C25H51NO6. The summed E-state index contributed by atoms with van der Waals surface area (Å²) in [6.45, 7) is 1.39. The van der Waals surface area contributed by atoms with Crippen LogP contribution in [0.5, 0.6) is 0 Å². The fourth-order valence-electron chi connectivity index (χ4n) is 3.89. The van der Waals surface area contributed by atoms with E-state index >= 15 is 0 Å². The fraction of sp³-hybridized carbons (Fsp3) is 0.960. The molecule has 1 amide bonds. The quantitative estimate of drug-likeness (QED) is 0.158. The minimum atomic E-state index is -1.67. The molecule has 0 aromatic carbocycles. The summed E-state index contributed by atoms with van der Waals surface area (Å²) in [4.78, 5) is 13.5. The Morgan fingerprint density at radius 1 is 0.656 bits per heavy atom. The summed E-state index contributed by atoms with van der Waals surface area (Å²) in [5, 5.41) is 47.6. The van der Waals surface area contributed by atoms with E-state index in [1.807, 2.05) is 0 Å². The number of carbonyl (C=O) groups excluding carboxylic acids is 1. The molecule has 5 N–H and O–H groups in total. The molecule has 0 saturated carbocycles. The molecule has 0 aromatic rings. The van der Waals surface area contributed by atoms with Gasteiger partial charge in [0.2, 0.25) is 5.91 Å². The van der Waals surface area contributed by atoms with E-state index < -0.39 is 31.0 Å². The molecule has 7 heteroatoms. The molecule has 0 rings (SSSR count). The van der Waals surface area contributed by atoms with E-state index in [4.69, 9.17) is 5.11 Å². The van der Waals surface area contributed by atoms with Crippen molar-refractivity contribution < 1.29 is 30.3 Å². The average Bonchev–Trinajstić information content (AvgIpc) is 2.79. The summed E-state index contributed by atoms with van der Waals surface area (Å²) in [6.07, 6.45) is 13.1. The van der Waals surface area contributed by atoms with E-state index in [-0.39, 0.29) is 12.5 Å². The number of aliphatic hydroxyl groups is 5. The maximum Gasteiger partial charge on any atom is 0.222 e. The highest BCUT2D eigenvalue weighted by Gasteiger charge is 2.31. The maximum atomic E-state index is 12.2. The molecule has 0 aliphatic heterocycles. The molecule has 32 heavy (non-hydrogen) atoms. The Labute approximate surface area is 195 Å². The Kier molecular flexibility index (Phi) is 20.4. The van der Waals surface area contributed by atoms with E-state index in [2.05, 4.69) is 6.92 Å². The van der Waals surface area contributed by atoms with Crippen LogP contribution in [0, 0.1) is 0 Å². The van der Waals surface area contributed by atoms with Crippen molar-refractivity contribution in [2.45, 2.75) is 134 Å². The van der Waals surface area contributed by atoms with Crippen LogP contribution < -0.4 is 0 Å². The molecule has 0 radical (unpaired) electrons. The lowest BCUT2D eigenvalue weighted by Crippen LogP contribution is -2.49. The van der Waals surface area contributed by atoms with Crippen molar-refractivity contribution in [2.75, 3.05) is 20.2 Å². The minimum absolute atomic E-state index is 0.122. The Morgan fingerprint density at radius 3 is 1.44 bits per heavy atom. The number of unbranched alkanes of at least 4 members (excludes halogenated alkanes) is 14. The van der Waals surface area contributed by atoms with Gasteiger partial charge in [-0.15, -0.1) is 0 Å². The van der Waals surface area contributed by atoms with Crippen molar-refractivity contribution in [3.05, 3.63) is 0 Å². The van der Waals surface area contributed by atoms with Gasteiger partial charge >= 0.3 is 0 Å². The second kappa shape index (κ2) is 20.8. The molecule has 0 bridgehead atoms. The summed E-state index contributed by atoms with van der Waals surface area (Å²) in [7, 11) is 1.54. The third-order valence-corrected chi connectivity index (χ3v) is 6.21. The topological polar surface area (TPSA) is 121 Å². The summed E-state index contributed by atoms with van der Waals surface area (Å²) in [5.74, 6) is -0.122. The lowest BCUT2D eigenvalue weighted by atomic mass is 10.0. The fourth-order valence-corrected chi connectivity index (χ4v) is 3.89. The highest BCUT2D eigenvalue weighted by atomic mass is 16.4. The van der Waals surface area contributed by atoms with Gasteiger partial charge in [-0.2, -0.15) is 0 Å². The van der Waals surface area contributed by atoms with Crippen LogP contribution in [0.15, 0.2) is 0 Å². The van der Waals surface area contributed by atoms with Gasteiger partial charge in [0.1, 0.15) is 24.4 Å². The molecular weight excluding hydrogens is 410 g/mol. The Bertz CT molecular complexity index is 437. The lowest BCUT2D eigenvalue weighted by Gasteiger charge is -2.28. The second-order valence-electron chi connectivity index (χ2n) is 9.27. The highest BCUT2D eigenvalue weighted by Crippen LogP contribution is 2.14. The molecule has 0 heterocycles. The van der Waals surface area contributed by atoms with Gasteiger partial charge in [-0.3, -0.25) is 4.79 Å². The van der Waals surface area contributed by atoms with Crippen LogP contribution in [0.25, 0.3) is 0 Å². The van der Waals surface area contributed by atoms with E-state index in [1.165, 1.54) is 81.9 Å². The number of aliphatic hydroxyl groups excluding tert-OH is 5. The number of amides is 1. The standard InChI is InChI=1S/C25H51NO6/c1-3-4-5-6-7-8-9-10-11-12-13-14-15-16-17-18-23(30)26(2)19-21(28)24(31)25(32)22(29)20-27/h21-22,24-25,27-29,31-32H,3-20H2,1-2H3/t21-,22+,24+,25+/m0/s1. The van der Waals surface area contributed by atoms with Gasteiger partial charge in [0.25, 0.3) is 0 Å². The normalized spacial score (nSPS) is 15.3. The van der Waals surface area contributed by atoms with Gasteiger partial charge in [0.05, 0.1) is 6.61 Å². The predicted molar refractivity (Wildman–Crippen MR) is 128 cm³/mol. The van der Waals surface area contributed by atoms with Gasteiger partial charge in [-0.25, -0.2) is 0 Å². The first-order valence-electron chi connectivity index (χ1n) is 12.9. The summed E-state index contributed by atoms with van der Waals surface area (Å²) < 4.78 is 0. The van der Waals surface area contributed by atoms with Crippen LogP contribution >= 0.6 is 0 Å². The zero-order valence-electron chi connectivity index (χ0n) is 20.6. The first-order chi connectivity index (χ1) is 15.3. The van der Waals surface area contributed by atoms with E-state index in [1.54, 1.807) is 7.05 Å². The van der Waals surface area contributed by atoms with Gasteiger partial charge < -0.3 is 30.4 Å². The van der Waals surface area contributed by atoms with Crippen LogP contribution in [-0.2, 0) is 4.79 Å². The van der Waals surface area contributed by atoms with E-state index in [0.29, 0.717) is 6.42 Å². The minimum Gasteiger partial charge on any atom is -0.394 e. The first kappa shape index (κ1) is 31.3. The van der Waals surface area contributed by atoms with E-state index in [9.17, 15) is 25.2 Å². The molecule has 0 unspecified atom stereocenters. The van der Waals surface area contributed by atoms with Crippen LogP contribution in [0.4, 0.5) is 0 Å². The van der Waals surface area contributed by atoms with Crippen molar-refractivity contribution in [3.8, 4) is 0 Å². The summed E-state index contributed by atoms with van der Waals surface area (Å²) in [6, 6.07) is 0. The predicted octanol–water partition coefficient (Wildman–Crippen LogP) is 3.14. The van der Waals surface area contributed by atoms with Crippen molar-refractivity contribution >= 4 is 5.91 Å². The SMILES string of the molecule is CCCCCCCCCCCCCCCCCC(=O)N(C)C[C@H](O)[C@@H](O)[C@H](O)[C@H](O)CO. The highest BCUT2D eigenvalue weighted by molar-refractivity contribution is 5.75. The summed E-state index contributed by atoms with van der Waals surface area (Å²) >= 11 is 0. The summed E-state index contributed by atoms with van der Waals surface area (Å²) in [5.41, 5.74) is 0. The van der Waals surface area contributed by atoms with Gasteiger partial charge in [0.15, 0.2) is 0 Å². The molecule has 0 spiro atoms. The Hall–Kier alpha value is -0.730. The number of hydrogen-bond donors (Lipinski definition) is 5. The largest absolute Gasteiger partial charge is 0.394 e. The monoisotopic (exact) mass is 461 g/mol. The molecule has 0 aromatic heterocycles. The maximum absolute atomic E-state index is 12.2. The molecule has 0 saturated heterocycles. The third-order valence-electron chi connectivity index (χ3n) is 6.21. The zero-order valence-corrected chi connectivity index (χ0v) is 20.6. The van der Waals surface area contributed by atoms with Gasteiger partial charge in [-0.1, -0.05) is 96.8 Å². The van der Waals surface area contributed by atoms with Gasteiger partial charge in [0, 0.05) is 20.0 Å². The van der Waals surface area contributed by atoms with Crippen molar-refractivity contribution in [3.63, 3.8) is 0 Å². The van der Waals surface area contributed by atoms with E-state index in [0.717, 1.165) is 19.3 Å². The number of likely N-dealkylation sites (N-methyl/N-ethyl adjacent to an activating group) is 1. The number of nitrogens with zero attached hydrogens (tertiary/aromatic N) is 1. The molecule has 192 valence electrons. The zero-order chi connectivity index (χ0) is 24.2. The molecule has 0 aliphatic rings. The second-order valence-corrected chi connectivity index (χ2v) is 9.27. The van der Waals surface area contributed by atoms with Crippen molar-refractivity contribution in [1.29, 1.82) is 0 Å². The number of rotatable bonds is 22. The Balaban J connectivity index is 3.62. The lowest BCUT2D eigenvalue weighted by molar-refractivity contribution is -0.138. The average molecular weight is 462 g/mol. The van der Waals surface area contributed by atoms with Gasteiger partial charge in [-0.05, 0) is 6.42 Å². The molecule has 0 aliphatic carbocycles. The molecule has 4 atom stereocenters. The number of carbonyl (C=O) groups is 1. The first-order valence-corrected chi connectivity index (χ1v) is 12.9. The number of hydrogen-bond acceptors (Lipinski definition) is 6. The van der Waals surface area contributed by atoms with Crippen LogP contribution in [0.2, 0.25) is 0 Å².